The summed E-state index contributed by atoms with van der Waals surface area (Å²) in [6.07, 6.45) is 2.69. The standard InChI is InChI=1S/C12H10BrN5O2S/c13-5-8-1-3-9(4-2-8)21(19,20)18-12-10-11(15-6-14-10)16-7-17-12/h1-4,6-7H,5H2,(H2,14,15,16,17,18). The molecule has 2 N–H and O–H groups in total. The van der Waals surface area contributed by atoms with Crippen molar-refractivity contribution in [1.29, 1.82) is 0 Å². The molecule has 0 amide bonds. The Morgan fingerprint density at radius 3 is 2.62 bits per heavy atom. The van der Waals surface area contributed by atoms with Crippen molar-refractivity contribution in [3.8, 4) is 0 Å². The van der Waals surface area contributed by atoms with Gasteiger partial charge in [-0.1, -0.05) is 28.1 Å². The summed E-state index contributed by atoms with van der Waals surface area (Å²) in [4.78, 5) is 14.8. The highest BCUT2D eigenvalue weighted by Gasteiger charge is 2.17. The van der Waals surface area contributed by atoms with Gasteiger partial charge in [0.25, 0.3) is 10.0 Å². The molecule has 9 heteroatoms. The summed E-state index contributed by atoms with van der Waals surface area (Å²) in [6.45, 7) is 0. The van der Waals surface area contributed by atoms with Gasteiger partial charge in [-0.05, 0) is 17.7 Å². The lowest BCUT2D eigenvalue weighted by Gasteiger charge is -2.08. The molecule has 0 saturated carbocycles. The number of sulfonamides is 1. The van der Waals surface area contributed by atoms with E-state index in [0.29, 0.717) is 16.5 Å². The van der Waals surface area contributed by atoms with Crippen LogP contribution in [0.1, 0.15) is 5.56 Å². The summed E-state index contributed by atoms with van der Waals surface area (Å²) in [5.41, 5.74) is 1.84. The van der Waals surface area contributed by atoms with Crippen LogP contribution in [0.25, 0.3) is 11.2 Å². The molecule has 108 valence electrons. The van der Waals surface area contributed by atoms with E-state index in [1.54, 1.807) is 24.3 Å². The molecule has 2 heterocycles. The molecule has 0 bridgehead atoms. The Labute approximate surface area is 129 Å². The number of hydrogen-bond donors (Lipinski definition) is 2. The number of nitrogens with zero attached hydrogens (tertiary/aromatic N) is 3. The van der Waals surface area contributed by atoms with Crippen LogP contribution < -0.4 is 4.72 Å². The highest BCUT2D eigenvalue weighted by molar-refractivity contribution is 9.08. The number of nitrogens with one attached hydrogen (secondary N) is 2. The van der Waals surface area contributed by atoms with Gasteiger partial charge in [-0.3, -0.25) is 4.72 Å². The van der Waals surface area contributed by atoms with Crippen molar-refractivity contribution in [1.82, 2.24) is 19.9 Å². The summed E-state index contributed by atoms with van der Waals surface area (Å²) in [6, 6.07) is 6.58. The van der Waals surface area contributed by atoms with Crippen LogP contribution in [0.15, 0.2) is 41.8 Å². The fraction of sp³-hybridized carbons (Fsp3) is 0.0833. The fourth-order valence-corrected chi connectivity index (χ4v) is 3.18. The van der Waals surface area contributed by atoms with Crippen LogP contribution in [0.2, 0.25) is 0 Å². The van der Waals surface area contributed by atoms with Crippen molar-refractivity contribution in [2.24, 2.45) is 0 Å². The zero-order valence-corrected chi connectivity index (χ0v) is 13.0. The van der Waals surface area contributed by atoms with Gasteiger partial charge in [0.1, 0.15) is 11.8 Å². The number of aromatic nitrogens is 4. The maximum absolute atomic E-state index is 12.3. The molecular formula is C12H10BrN5O2S. The molecule has 0 radical (unpaired) electrons. The predicted octanol–water partition coefficient (Wildman–Crippen LogP) is 2.05. The number of H-pyrrole nitrogens is 1. The van der Waals surface area contributed by atoms with Gasteiger partial charge in [-0.2, -0.15) is 0 Å². The van der Waals surface area contributed by atoms with Crippen molar-refractivity contribution in [3.63, 3.8) is 0 Å². The second-order valence-electron chi connectivity index (χ2n) is 4.21. The molecule has 0 spiro atoms. The number of aromatic amines is 1. The number of benzene rings is 1. The van der Waals surface area contributed by atoms with Crippen LogP contribution >= 0.6 is 15.9 Å². The Morgan fingerprint density at radius 1 is 1.14 bits per heavy atom. The van der Waals surface area contributed by atoms with Crippen molar-refractivity contribution < 1.29 is 8.42 Å². The molecule has 0 fully saturated rings. The number of anilines is 1. The Kier molecular flexibility index (Phi) is 3.60. The third-order valence-corrected chi connectivity index (χ3v) is 4.84. The Hall–Kier alpha value is -2.00. The van der Waals surface area contributed by atoms with Gasteiger partial charge < -0.3 is 4.98 Å². The van der Waals surface area contributed by atoms with Gasteiger partial charge in [-0.25, -0.2) is 23.4 Å². The van der Waals surface area contributed by atoms with E-state index in [9.17, 15) is 8.42 Å². The monoisotopic (exact) mass is 367 g/mol. The molecule has 0 atom stereocenters. The van der Waals surface area contributed by atoms with E-state index in [-0.39, 0.29) is 10.7 Å². The minimum atomic E-state index is -3.71. The van der Waals surface area contributed by atoms with Gasteiger partial charge in [-0.15, -0.1) is 0 Å². The van der Waals surface area contributed by atoms with Gasteiger partial charge in [0.15, 0.2) is 11.5 Å². The molecule has 7 nitrogen and oxygen atoms in total. The predicted molar refractivity (Wildman–Crippen MR) is 81.6 cm³/mol. The lowest BCUT2D eigenvalue weighted by Crippen LogP contribution is -2.14. The largest absolute Gasteiger partial charge is 0.340 e. The normalized spacial score (nSPS) is 11.7. The minimum Gasteiger partial charge on any atom is -0.340 e. The van der Waals surface area contributed by atoms with Crippen molar-refractivity contribution in [2.45, 2.75) is 10.2 Å². The van der Waals surface area contributed by atoms with E-state index >= 15 is 0 Å². The highest BCUT2D eigenvalue weighted by atomic mass is 79.9. The first kappa shape index (κ1) is 14.0. The number of rotatable bonds is 4. The van der Waals surface area contributed by atoms with Crippen molar-refractivity contribution in [3.05, 3.63) is 42.5 Å². The van der Waals surface area contributed by atoms with E-state index in [1.165, 1.54) is 12.7 Å². The molecule has 1 aromatic carbocycles. The maximum Gasteiger partial charge on any atom is 0.263 e. The van der Waals surface area contributed by atoms with Crippen LogP contribution in [0.5, 0.6) is 0 Å². The van der Waals surface area contributed by atoms with Crippen molar-refractivity contribution in [2.75, 3.05) is 4.72 Å². The Balaban J connectivity index is 1.97. The van der Waals surface area contributed by atoms with Crippen LogP contribution in [0, 0.1) is 0 Å². The summed E-state index contributed by atoms with van der Waals surface area (Å²) in [7, 11) is -3.71. The fourth-order valence-electron chi connectivity index (χ4n) is 1.79. The van der Waals surface area contributed by atoms with E-state index in [2.05, 4.69) is 40.6 Å². The van der Waals surface area contributed by atoms with E-state index in [4.69, 9.17) is 0 Å². The summed E-state index contributed by atoms with van der Waals surface area (Å²) in [5, 5.41) is 0.668. The Bertz CT molecular complexity index is 876. The van der Waals surface area contributed by atoms with Crippen LogP contribution in [-0.4, -0.2) is 28.4 Å². The molecule has 0 aliphatic rings. The maximum atomic E-state index is 12.3. The van der Waals surface area contributed by atoms with E-state index in [0.717, 1.165) is 5.56 Å². The summed E-state index contributed by atoms with van der Waals surface area (Å²) < 4.78 is 27.1. The quantitative estimate of drug-likeness (QED) is 0.687. The lowest BCUT2D eigenvalue weighted by atomic mass is 10.2. The zero-order valence-electron chi connectivity index (χ0n) is 10.6. The Morgan fingerprint density at radius 2 is 1.90 bits per heavy atom. The molecule has 0 aliphatic heterocycles. The van der Waals surface area contributed by atoms with Crippen LogP contribution in [-0.2, 0) is 15.4 Å². The second-order valence-corrected chi connectivity index (χ2v) is 6.45. The highest BCUT2D eigenvalue weighted by Crippen LogP contribution is 2.20. The molecule has 21 heavy (non-hydrogen) atoms. The lowest BCUT2D eigenvalue weighted by molar-refractivity contribution is 0.601. The van der Waals surface area contributed by atoms with Crippen molar-refractivity contribution >= 4 is 42.9 Å². The van der Waals surface area contributed by atoms with Gasteiger partial charge >= 0.3 is 0 Å². The average molecular weight is 368 g/mol. The van der Waals surface area contributed by atoms with E-state index in [1.807, 2.05) is 0 Å². The number of hydrogen-bond acceptors (Lipinski definition) is 5. The second kappa shape index (κ2) is 5.41. The van der Waals surface area contributed by atoms with E-state index < -0.39 is 10.0 Å². The smallest absolute Gasteiger partial charge is 0.263 e. The number of halogens is 1. The first-order valence-electron chi connectivity index (χ1n) is 5.92. The molecule has 0 aliphatic carbocycles. The van der Waals surface area contributed by atoms with Crippen LogP contribution in [0.4, 0.5) is 5.82 Å². The summed E-state index contributed by atoms with van der Waals surface area (Å²) >= 11 is 3.32. The first-order valence-corrected chi connectivity index (χ1v) is 8.52. The third-order valence-electron chi connectivity index (χ3n) is 2.84. The molecule has 3 aromatic rings. The topological polar surface area (TPSA) is 101 Å². The number of alkyl halides is 1. The van der Waals surface area contributed by atoms with Crippen LogP contribution in [0.3, 0.4) is 0 Å². The minimum absolute atomic E-state index is 0.165. The molecular weight excluding hydrogens is 358 g/mol. The van der Waals surface area contributed by atoms with Gasteiger partial charge in [0, 0.05) is 5.33 Å². The molecule has 0 saturated heterocycles. The molecule has 2 aromatic heterocycles. The summed E-state index contributed by atoms with van der Waals surface area (Å²) in [5.74, 6) is 0.169. The zero-order chi connectivity index (χ0) is 14.9. The van der Waals surface area contributed by atoms with Gasteiger partial charge in [0.05, 0.1) is 11.2 Å². The molecule has 0 unspecified atom stereocenters. The SMILES string of the molecule is O=S(=O)(Nc1ncnc2nc[nH]c12)c1ccc(CBr)cc1. The molecule has 3 rings (SSSR count). The number of imidazole rings is 1. The van der Waals surface area contributed by atoms with Gasteiger partial charge in [0.2, 0.25) is 0 Å². The average Bonchev–Trinajstić information content (AvgIpc) is 2.97. The third kappa shape index (κ3) is 2.74. The number of fused-ring (bicyclic) bond motifs is 1. The first-order chi connectivity index (χ1) is 10.1.